The first-order valence-electron chi connectivity index (χ1n) is 10.5. The van der Waals surface area contributed by atoms with E-state index in [0.717, 1.165) is 23.4 Å². The Bertz CT molecular complexity index is 1080. The van der Waals surface area contributed by atoms with Crippen LogP contribution in [-0.2, 0) is 11.3 Å². The predicted octanol–water partition coefficient (Wildman–Crippen LogP) is 4.65. The summed E-state index contributed by atoms with van der Waals surface area (Å²) in [4.78, 5) is 25.4. The summed E-state index contributed by atoms with van der Waals surface area (Å²) in [6, 6.07) is 17.0. The summed E-state index contributed by atoms with van der Waals surface area (Å²) < 4.78 is 2.29. The number of nitrogens with one attached hydrogen (secondary N) is 1. The summed E-state index contributed by atoms with van der Waals surface area (Å²) in [6.45, 7) is 4.77. The third kappa shape index (κ3) is 4.46. The van der Waals surface area contributed by atoms with Crippen LogP contribution < -0.4 is 5.43 Å². The van der Waals surface area contributed by atoms with Crippen molar-refractivity contribution in [2.75, 3.05) is 0 Å². The number of amides is 2. The molecule has 2 aromatic carbocycles. The zero-order valence-corrected chi connectivity index (χ0v) is 17.4. The third-order valence-corrected chi connectivity index (χ3v) is 5.39. The molecule has 0 aliphatic heterocycles. The Morgan fingerprint density at radius 2 is 1.80 bits per heavy atom. The largest absolute Gasteiger partial charge is 0.347 e. The number of hydrogen-bond donors (Lipinski definition) is 1. The van der Waals surface area contributed by atoms with E-state index in [9.17, 15) is 9.59 Å². The van der Waals surface area contributed by atoms with Gasteiger partial charge in [0.15, 0.2) is 0 Å². The van der Waals surface area contributed by atoms with Crippen molar-refractivity contribution in [3.8, 4) is 0 Å². The van der Waals surface area contributed by atoms with Crippen molar-refractivity contribution in [2.24, 2.45) is 5.92 Å². The lowest BCUT2D eigenvalue weighted by atomic mass is 10.1. The van der Waals surface area contributed by atoms with Gasteiger partial charge in [0.05, 0.1) is 0 Å². The van der Waals surface area contributed by atoms with E-state index in [0.29, 0.717) is 5.56 Å². The maximum Gasteiger partial charge on any atom is 0.269 e. The molecule has 2 amide bonds. The van der Waals surface area contributed by atoms with Crippen LogP contribution in [-0.4, -0.2) is 27.4 Å². The number of fused-ring (bicyclic) bond motifs is 1. The fraction of sp³-hybridized carbons (Fsp3) is 0.280. The van der Waals surface area contributed by atoms with Gasteiger partial charge in [0.2, 0.25) is 0 Å². The van der Waals surface area contributed by atoms with Gasteiger partial charge in [0.25, 0.3) is 11.8 Å². The first-order chi connectivity index (χ1) is 14.5. The molecular weight excluding hydrogens is 374 g/mol. The first kappa shape index (κ1) is 20.0. The van der Waals surface area contributed by atoms with Gasteiger partial charge in [-0.25, -0.2) is 5.01 Å². The molecule has 5 nitrogen and oxygen atoms in total. The van der Waals surface area contributed by atoms with Crippen molar-refractivity contribution < 1.29 is 9.59 Å². The molecule has 1 saturated carbocycles. The molecule has 1 aliphatic carbocycles. The quantitative estimate of drug-likeness (QED) is 0.483. The molecule has 4 rings (SSSR count). The predicted molar refractivity (Wildman–Crippen MR) is 120 cm³/mol. The molecule has 1 aromatic heterocycles. The van der Waals surface area contributed by atoms with Crippen molar-refractivity contribution >= 4 is 28.8 Å². The SMILES string of the molecule is CC(C)N(NC(=O)c1ccccc1)C(=O)C=Cc1cn(CC2CC2)c2ccccc12. The smallest absolute Gasteiger partial charge is 0.269 e. The maximum absolute atomic E-state index is 12.9. The average Bonchev–Trinajstić information content (AvgIpc) is 3.51. The second-order valence-corrected chi connectivity index (χ2v) is 8.14. The van der Waals surface area contributed by atoms with Crippen LogP contribution in [0.15, 0.2) is 66.9 Å². The van der Waals surface area contributed by atoms with Gasteiger partial charge in [-0.05, 0) is 56.9 Å². The van der Waals surface area contributed by atoms with Crippen molar-refractivity contribution in [1.29, 1.82) is 0 Å². The second kappa shape index (κ2) is 8.57. The normalized spacial score (nSPS) is 13.8. The van der Waals surface area contributed by atoms with E-state index in [2.05, 4.69) is 28.3 Å². The molecule has 1 aliphatic rings. The molecule has 5 heteroatoms. The second-order valence-electron chi connectivity index (χ2n) is 8.14. The van der Waals surface area contributed by atoms with Crippen LogP contribution in [0, 0.1) is 5.92 Å². The minimum atomic E-state index is -0.299. The molecule has 154 valence electrons. The van der Waals surface area contributed by atoms with E-state index >= 15 is 0 Å². The lowest BCUT2D eigenvalue weighted by Gasteiger charge is -2.25. The Hall–Kier alpha value is -3.34. The highest BCUT2D eigenvalue weighted by atomic mass is 16.2. The van der Waals surface area contributed by atoms with Crippen LogP contribution in [0.4, 0.5) is 0 Å². The Morgan fingerprint density at radius 1 is 1.10 bits per heavy atom. The third-order valence-electron chi connectivity index (χ3n) is 5.39. The van der Waals surface area contributed by atoms with Gasteiger partial charge >= 0.3 is 0 Å². The number of rotatable bonds is 6. The minimum Gasteiger partial charge on any atom is -0.347 e. The topological polar surface area (TPSA) is 54.3 Å². The minimum absolute atomic E-state index is 0.175. The fourth-order valence-electron chi connectivity index (χ4n) is 3.58. The molecule has 0 spiro atoms. The highest BCUT2D eigenvalue weighted by molar-refractivity contribution is 5.99. The van der Waals surface area contributed by atoms with E-state index in [1.807, 2.05) is 38.1 Å². The van der Waals surface area contributed by atoms with Gasteiger partial charge in [-0.1, -0.05) is 36.4 Å². The monoisotopic (exact) mass is 401 g/mol. The van der Waals surface area contributed by atoms with Crippen LogP contribution in [0.1, 0.15) is 42.6 Å². The molecule has 0 radical (unpaired) electrons. The van der Waals surface area contributed by atoms with Crippen molar-refractivity contribution in [2.45, 2.75) is 39.3 Å². The molecule has 1 fully saturated rings. The lowest BCUT2D eigenvalue weighted by Crippen LogP contribution is -2.49. The van der Waals surface area contributed by atoms with Crippen LogP contribution in [0.3, 0.4) is 0 Å². The average molecular weight is 402 g/mol. The summed E-state index contributed by atoms with van der Waals surface area (Å²) in [5, 5.41) is 2.50. The lowest BCUT2D eigenvalue weighted by molar-refractivity contribution is -0.130. The van der Waals surface area contributed by atoms with Gasteiger partial charge < -0.3 is 4.57 Å². The number of benzene rings is 2. The van der Waals surface area contributed by atoms with Gasteiger partial charge in [0, 0.05) is 46.9 Å². The van der Waals surface area contributed by atoms with Crippen molar-refractivity contribution in [3.05, 3.63) is 78.0 Å². The number of aromatic nitrogens is 1. The first-order valence-corrected chi connectivity index (χ1v) is 10.5. The van der Waals surface area contributed by atoms with Crippen molar-refractivity contribution in [3.63, 3.8) is 0 Å². The number of hydrogen-bond acceptors (Lipinski definition) is 2. The van der Waals surface area contributed by atoms with Crippen molar-refractivity contribution in [1.82, 2.24) is 15.0 Å². The Labute approximate surface area is 177 Å². The van der Waals surface area contributed by atoms with Gasteiger partial charge in [0.1, 0.15) is 0 Å². The van der Waals surface area contributed by atoms with Gasteiger partial charge in [-0.2, -0.15) is 0 Å². The van der Waals surface area contributed by atoms with Crippen LogP contribution in [0.25, 0.3) is 17.0 Å². The van der Waals surface area contributed by atoms with Gasteiger partial charge in [-0.15, -0.1) is 0 Å². The standard InChI is InChI=1S/C25H27N3O2/c1-18(2)28(26-25(30)20-8-4-3-5-9-20)24(29)15-14-21-17-27(16-19-12-13-19)23-11-7-6-10-22(21)23/h3-11,14-15,17-19H,12-13,16H2,1-2H3,(H,26,30). The van der Waals surface area contributed by atoms with E-state index in [1.165, 1.54) is 29.4 Å². The molecule has 0 saturated heterocycles. The highest BCUT2D eigenvalue weighted by Gasteiger charge is 2.23. The Kier molecular flexibility index (Phi) is 5.70. The number of nitrogens with zero attached hydrogens (tertiary/aromatic N) is 2. The molecule has 0 unspecified atom stereocenters. The molecule has 1 N–H and O–H groups in total. The number of para-hydroxylation sites is 1. The Balaban J connectivity index is 1.53. The van der Waals surface area contributed by atoms with E-state index < -0.39 is 0 Å². The van der Waals surface area contributed by atoms with Gasteiger partial charge in [-0.3, -0.25) is 15.0 Å². The highest BCUT2D eigenvalue weighted by Crippen LogP contribution is 2.33. The van der Waals surface area contributed by atoms with Crippen LogP contribution >= 0.6 is 0 Å². The molecule has 30 heavy (non-hydrogen) atoms. The van der Waals surface area contributed by atoms with E-state index in [4.69, 9.17) is 0 Å². The number of carbonyl (C=O) groups excluding carboxylic acids is 2. The van der Waals surface area contributed by atoms with E-state index in [1.54, 1.807) is 24.3 Å². The number of carbonyl (C=O) groups is 2. The summed E-state index contributed by atoms with van der Waals surface area (Å²) in [5.74, 6) is 0.212. The Morgan fingerprint density at radius 3 is 2.50 bits per heavy atom. The molecule has 0 atom stereocenters. The van der Waals surface area contributed by atoms with E-state index in [-0.39, 0.29) is 17.9 Å². The summed E-state index contributed by atoms with van der Waals surface area (Å²) in [5.41, 5.74) is 5.45. The van der Waals surface area contributed by atoms with Crippen LogP contribution in [0.2, 0.25) is 0 Å². The number of hydrazine groups is 1. The molecule has 1 heterocycles. The molecule has 3 aromatic rings. The zero-order chi connectivity index (χ0) is 21.1. The summed E-state index contributed by atoms with van der Waals surface area (Å²) >= 11 is 0. The summed E-state index contributed by atoms with van der Waals surface area (Å²) in [6.07, 6.45) is 8.09. The molecule has 0 bridgehead atoms. The molecular formula is C25H27N3O2. The maximum atomic E-state index is 12.9. The van der Waals surface area contributed by atoms with Crippen LogP contribution in [0.5, 0.6) is 0 Å². The summed E-state index contributed by atoms with van der Waals surface area (Å²) in [7, 11) is 0. The zero-order valence-electron chi connectivity index (χ0n) is 17.4. The fourth-order valence-corrected chi connectivity index (χ4v) is 3.58.